The second kappa shape index (κ2) is 5.54. The molecule has 0 bridgehead atoms. The molecule has 18 heavy (non-hydrogen) atoms. The Morgan fingerprint density at radius 3 is 3.06 bits per heavy atom. The normalized spacial score (nSPS) is 10.3. The molecule has 6 nitrogen and oxygen atoms in total. The first kappa shape index (κ1) is 12.4. The second-order valence-electron chi connectivity index (χ2n) is 3.69. The molecule has 0 saturated heterocycles. The lowest BCUT2D eigenvalue weighted by Crippen LogP contribution is -2.32. The number of amides is 1. The monoisotopic (exact) mass is 264 g/mol. The molecule has 2 rings (SSSR count). The Bertz CT molecular complexity index is 605. The van der Waals surface area contributed by atoms with E-state index in [1.54, 1.807) is 6.07 Å². The summed E-state index contributed by atoms with van der Waals surface area (Å²) in [6.07, 6.45) is 2.93. The molecule has 94 valence electrons. The SMILES string of the molecule is Cc1csc(CNC(=O)Cn2cccnc2=O)n1. The minimum atomic E-state index is -0.433. The number of carbonyl (C=O) groups is 1. The van der Waals surface area contributed by atoms with E-state index in [1.165, 1.54) is 28.3 Å². The van der Waals surface area contributed by atoms with Crippen LogP contribution < -0.4 is 11.0 Å². The van der Waals surface area contributed by atoms with Gasteiger partial charge in [-0.05, 0) is 13.0 Å². The zero-order chi connectivity index (χ0) is 13.0. The van der Waals surface area contributed by atoms with Gasteiger partial charge in [0.05, 0.1) is 6.54 Å². The smallest absolute Gasteiger partial charge is 0.347 e. The van der Waals surface area contributed by atoms with Crippen molar-refractivity contribution < 1.29 is 4.79 Å². The summed E-state index contributed by atoms with van der Waals surface area (Å²) in [7, 11) is 0. The lowest BCUT2D eigenvalue weighted by atomic mass is 10.5. The second-order valence-corrected chi connectivity index (χ2v) is 4.63. The lowest BCUT2D eigenvalue weighted by molar-refractivity contribution is -0.121. The van der Waals surface area contributed by atoms with Crippen molar-refractivity contribution in [2.75, 3.05) is 0 Å². The molecule has 0 radical (unpaired) electrons. The number of nitrogens with one attached hydrogen (secondary N) is 1. The number of hydrogen-bond donors (Lipinski definition) is 1. The van der Waals surface area contributed by atoms with Crippen LogP contribution in [0.1, 0.15) is 10.7 Å². The van der Waals surface area contributed by atoms with Crippen molar-refractivity contribution in [2.24, 2.45) is 0 Å². The maximum absolute atomic E-state index is 11.6. The molecule has 0 saturated carbocycles. The van der Waals surface area contributed by atoms with Gasteiger partial charge >= 0.3 is 5.69 Å². The molecule has 0 spiro atoms. The summed E-state index contributed by atoms with van der Waals surface area (Å²) in [5, 5.41) is 5.48. The largest absolute Gasteiger partial charge is 0.348 e. The van der Waals surface area contributed by atoms with Gasteiger partial charge in [0.1, 0.15) is 11.6 Å². The maximum atomic E-state index is 11.6. The fraction of sp³-hybridized carbons (Fsp3) is 0.273. The van der Waals surface area contributed by atoms with E-state index < -0.39 is 5.69 Å². The Hall–Kier alpha value is -2.02. The summed E-state index contributed by atoms with van der Waals surface area (Å²) in [6, 6.07) is 1.61. The number of carbonyl (C=O) groups excluding carboxylic acids is 1. The van der Waals surface area contributed by atoms with Crippen LogP contribution in [0.4, 0.5) is 0 Å². The van der Waals surface area contributed by atoms with E-state index in [-0.39, 0.29) is 12.5 Å². The van der Waals surface area contributed by atoms with Crippen molar-refractivity contribution in [2.45, 2.75) is 20.0 Å². The Morgan fingerprint density at radius 2 is 2.39 bits per heavy atom. The van der Waals surface area contributed by atoms with E-state index in [9.17, 15) is 9.59 Å². The van der Waals surface area contributed by atoms with E-state index >= 15 is 0 Å². The molecule has 2 aromatic rings. The van der Waals surface area contributed by atoms with Crippen LogP contribution in [0.15, 0.2) is 28.6 Å². The third kappa shape index (κ3) is 3.24. The van der Waals surface area contributed by atoms with Gasteiger partial charge < -0.3 is 5.32 Å². The van der Waals surface area contributed by atoms with Gasteiger partial charge in [-0.25, -0.2) is 14.8 Å². The van der Waals surface area contributed by atoms with Crippen molar-refractivity contribution in [1.29, 1.82) is 0 Å². The average molecular weight is 264 g/mol. The van der Waals surface area contributed by atoms with Gasteiger partial charge in [-0.1, -0.05) is 0 Å². The molecule has 1 N–H and O–H groups in total. The first-order valence-corrected chi connectivity index (χ1v) is 6.22. The zero-order valence-electron chi connectivity index (χ0n) is 9.79. The van der Waals surface area contributed by atoms with Crippen LogP contribution in [-0.2, 0) is 17.9 Å². The van der Waals surface area contributed by atoms with Gasteiger partial charge in [-0.15, -0.1) is 11.3 Å². The Balaban J connectivity index is 1.90. The molecule has 0 atom stereocenters. The van der Waals surface area contributed by atoms with Crippen molar-refractivity contribution in [1.82, 2.24) is 19.9 Å². The number of hydrogen-bond acceptors (Lipinski definition) is 5. The highest BCUT2D eigenvalue weighted by molar-refractivity contribution is 7.09. The standard InChI is InChI=1S/C11H12N4O2S/c1-8-7-18-10(14-8)5-13-9(16)6-15-4-2-3-12-11(15)17/h2-4,7H,5-6H2,1H3,(H,13,16). The zero-order valence-corrected chi connectivity index (χ0v) is 10.6. The molecule has 0 unspecified atom stereocenters. The predicted molar refractivity (Wildman–Crippen MR) is 67.2 cm³/mol. The van der Waals surface area contributed by atoms with Crippen LogP contribution in [0.3, 0.4) is 0 Å². The van der Waals surface area contributed by atoms with Crippen molar-refractivity contribution in [3.8, 4) is 0 Å². The number of rotatable bonds is 4. The number of aromatic nitrogens is 3. The number of nitrogens with zero attached hydrogens (tertiary/aromatic N) is 3. The maximum Gasteiger partial charge on any atom is 0.347 e. The molecule has 0 aliphatic carbocycles. The Morgan fingerprint density at radius 1 is 1.56 bits per heavy atom. The summed E-state index contributed by atoms with van der Waals surface area (Å²) < 4.78 is 1.25. The molecule has 1 amide bonds. The molecular weight excluding hydrogens is 252 g/mol. The van der Waals surface area contributed by atoms with Gasteiger partial charge in [0.15, 0.2) is 0 Å². The molecular formula is C11H12N4O2S. The van der Waals surface area contributed by atoms with Gasteiger partial charge in [0.2, 0.25) is 5.91 Å². The van der Waals surface area contributed by atoms with Gasteiger partial charge in [0.25, 0.3) is 0 Å². The first-order chi connectivity index (χ1) is 8.65. The molecule has 0 aromatic carbocycles. The Kier molecular flexibility index (Phi) is 3.83. The first-order valence-electron chi connectivity index (χ1n) is 5.34. The van der Waals surface area contributed by atoms with E-state index in [4.69, 9.17) is 0 Å². The van der Waals surface area contributed by atoms with Crippen LogP contribution in [0.2, 0.25) is 0 Å². The quantitative estimate of drug-likeness (QED) is 0.863. The van der Waals surface area contributed by atoms with E-state index in [0.717, 1.165) is 10.7 Å². The van der Waals surface area contributed by atoms with Crippen LogP contribution >= 0.6 is 11.3 Å². The van der Waals surface area contributed by atoms with Gasteiger partial charge in [-0.2, -0.15) is 0 Å². The summed E-state index contributed by atoms with van der Waals surface area (Å²) in [6.45, 7) is 2.25. The summed E-state index contributed by atoms with van der Waals surface area (Å²) >= 11 is 1.49. The summed E-state index contributed by atoms with van der Waals surface area (Å²) in [5.74, 6) is -0.238. The molecule has 0 aliphatic heterocycles. The van der Waals surface area contributed by atoms with Crippen LogP contribution in [0.25, 0.3) is 0 Å². The highest BCUT2D eigenvalue weighted by Crippen LogP contribution is 2.07. The van der Waals surface area contributed by atoms with Gasteiger partial charge in [-0.3, -0.25) is 9.36 Å². The van der Waals surface area contributed by atoms with Crippen molar-refractivity contribution in [3.05, 3.63) is 45.0 Å². The summed E-state index contributed by atoms with van der Waals surface area (Å²) in [5.41, 5.74) is 0.505. The highest BCUT2D eigenvalue weighted by atomic mass is 32.1. The third-order valence-electron chi connectivity index (χ3n) is 2.20. The van der Waals surface area contributed by atoms with Crippen LogP contribution in [-0.4, -0.2) is 20.4 Å². The highest BCUT2D eigenvalue weighted by Gasteiger charge is 2.05. The lowest BCUT2D eigenvalue weighted by Gasteiger charge is -2.04. The van der Waals surface area contributed by atoms with Crippen molar-refractivity contribution >= 4 is 17.2 Å². The molecule has 7 heteroatoms. The molecule has 0 fully saturated rings. The Labute approximate surface area is 107 Å². The molecule has 2 heterocycles. The molecule has 0 aliphatic rings. The van der Waals surface area contributed by atoms with Crippen LogP contribution in [0, 0.1) is 6.92 Å². The van der Waals surface area contributed by atoms with E-state index in [1.807, 2.05) is 12.3 Å². The van der Waals surface area contributed by atoms with Crippen LogP contribution in [0.5, 0.6) is 0 Å². The fourth-order valence-corrected chi connectivity index (χ4v) is 2.09. The predicted octanol–water partition coefficient (Wildman–Crippen LogP) is 0.325. The van der Waals surface area contributed by atoms with Gasteiger partial charge in [0, 0.05) is 23.5 Å². The number of thiazole rings is 1. The molecule has 2 aromatic heterocycles. The average Bonchev–Trinajstić information content (AvgIpc) is 2.76. The van der Waals surface area contributed by atoms with E-state index in [0.29, 0.717) is 6.54 Å². The third-order valence-corrected chi connectivity index (χ3v) is 3.17. The summed E-state index contributed by atoms with van der Waals surface area (Å²) in [4.78, 5) is 30.7. The van der Waals surface area contributed by atoms with Crippen molar-refractivity contribution in [3.63, 3.8) is 0 Å². The minimum absolute atomic E-state index is 0.0307. The topological polar surface area (TPSA) is 76.9 Å². The minimum Gasteiger partial charge on any atom is -0.348 e. The number of aryl methyl sites for hydroxylation is 1. The van der Waals surface area contributed by atoms with E-state index in [2.05, 4.69) is 15.3 Å². The fourth-order valence-electron chi connectivity index (χ4n) is 1.38.